The average molecular weight is 671 g/mol. The zero-order chi connectivity index (χ0) is 34.5. The second-order valence-corrected chi connectivity index (χ2v) is 13.6. The highest BCUT2D eigenvalue weighted by Crippen LogP contribution is 2.44. The number of alkyl halides is 1. The summed E-state index contributed by atoms with van der Waals surface area (Å²) in [5.74, 6) is -1.01. The molecule has 1 aliphatic carbocycles. The molecule has 0 spiro atoms. The molecule has 2 aromatic carbocycles. The molecule has 12 heteroatoms. The van der Waals surface area contributed by atoms with E-state index in [2.05, 4.69) is 20.9 Å². The monoisotopic (exact) mass is 670 g/mol. The lowest BCUT2D eigenvalue weighted by Crippen LogP contribution is -2.57. The molecule has 1 fully saturated rings. The van der Waals surface area contributed by atoms with Crippen molar-refractivity contribution >= 4 is 40.5 Å². The first-order chi connectivity index (χ1) is 22.2. The molecule has 1 saturated carbocycles. The molecule has 256 valence electrons. The van der Waals surface area contributed by atoms with E-state index >= 15 is 4.39 Å². The Labute approximate surface area is 281 Å². The van der Waals surface area contributed by atoms with Gasteiger partial charge in [0.25, 0.3) is 0 Å². The lowest BCUT2D eigenvalue weighted by atomic mass is 9.77. The minimum absolute atomic E-state index is 0.0603. The number of ether oxygens (including phenoxy) is 1. The lowest BCUT2D eigenvalue weighted by Gasteiger charge is -2.36. The summed E-state index contributed by atoms with van der Waals surface area (Å²) in [6.45, 7) is 9.36. The highest BCUT2D eigenvalue weighted by atomic mass is 35.5. The number of imidazole rings is 1. The zero-order valence-corrected chi connectivity index (χ0v) is 29.1. The van der Waals surface area contributed by atoms with Gasteiger partial charge in [0, 0.05) is 38.2 Å². The van der Waals surface area contributed by atoms with Crippen LogP contribution in [-0.2, 0) is 19.7 Å². The average Bonchev–Trinajstić information content (AvgIpc) is 3.43. The number of benzene rings is 2. The van der Waals surface area contributed by atoms with E-state index in [1.54, 1.807) is 50.4 Å². The Morgan fingerprint density at radius 3 is 2.40 bits per heavy atom. The van der Waals surface area contributed by atoms with E-state index in [0.29, 0.717) is 46.1 Å². The molecule has 0 aliphatic heterocycles. The van der Waals surface area contributed by atoms with E-state index in [1.165, 1.54) is 25.9 Å². The zero-order valence-electron chi connectivity index (χ0n) is 28.4. The molecule has 1 aliphatic rings. The number of urea groups is 1. The highest BCUT2D eigenvalue weighted by Gasteiger charge is 2.43. The number of rotatable bonds is 14. The van der Waals surface area contributed by atoms with Crippen molar-refractivity contribution in [1.82, 2.24) is 30.8 Å². The van der Waals surface area contributed by atoms with Crippen LogP contribution in [0.3, 0.4) is 0 Å². The topological polar surface area (TPSA) is 128 Å². The molecular weight excluding hydrogens is 623 g/mol. The van der Waals surface area contributed by atoms with Crippen molar-refractivity contribution in [1.29, 1.82) is 0 Å². The third kappa shape index (κ3) is 7.89. The van der Waals surface area contributed by atoms with Gasteiger partial charge in [-0.15, -0.1) is 0 Å². The van der Waals surface area contributed by atoms with Crippen LogP contribution in [0.5, 0.6) is 0 Å². The highest BCUT2D eigenvalue weighted by molar-refractivity contribution is 6.31. The van der Waals surface area contributed by atoms with Crippen LogP contribution in [0.2, 0.25) is 5.02 Å². The van der Waals surface area contributed by atoms with Gasteiger partial charge in [-0.1, -0.05) is 42.3 Å². The largest absolute Gasteiger partial charge is 0.383 e. The first kappa shape index (κ1) is 36.1. The maximum atomic E-state index is 16.2. The van der Waals surface area contributed by atoms with Gasteiger partial charge in [-0.05, 0) is 82.7 Å². The maximum Gasteiger partial charge on any atom is 0.317 e. The summed E-state index contributed by atoms with van der Waals surface area (Å²) in [6, 6.07) is 10.4. The first-order valence-electron chi connectivity index (χ1n) is 16.3. The maximum absolute atomic E-state index is 16.2. The minimum atomic E-state index is -1.83. The Morgan fingerprint density at radius 2 is 1.83 bits per heavy atom. The third-order valence-electron chi connectivity index (χ3n) is 9.32. The molecule has 0 radical (unpaired) electrons. The second kappa shape index (κ2) is 15.0. The van der Waals surface area contributed by atoms with Crippen LogP contribution < -0.4 is 16.0 Å². The number of halogens is 2. The molecule has 4 atom stereocenters. The SMILES string of the molecule is CCNC(=O)C(NC(=O)C(C)(COC)c1ccc2nc(C(NC(=O)N(C)CC)C(c3ccccc3Cl)C(C)(C)F)[nH]c2c1)C1CCC1. The Hall–Kier alpha value is -3.70. The summed E-state index contributed by atoms with van der Waals surface area (Å²) < 4.78 is 21.7. The number of nitrogens with one attached hydrogen (secondary N) is 4. The number of methoxy groups -OCH3 is 1. The summed E-state index contributed by atoms with van der Waals surface area (Å²) in [5.41, 5.74) is -0.650. The molecule has 1 aromatic heterocycles. The fraction of sp³-hybridized carbons (Fsp3) is 0.543. The van der Waals surface area contributed by atoms with Crippen LogP contribution >= 0.6 is 11.6 Å². The summed E-state index contributed by atoms with van der Waals surface area (Å²) in [7, 11) is 3.19. The Bertz CT molecular complexity index is 1570. The summed E-state index contributed by atoms with van der Waals surface area (Å²) >= 11 is 6.60. The van der Waals surface area contributed by atoms with E-state index in [-0.39, 0.29) is 24.3 Å². The Morgan fingerprint density at radius 1 is 1.13 bits per heavy atom. The number of hydrogen-bond acceptors (Lipinski definition) is 5. The fourth-order valence-electron chi connectivity index (χ4n) is 6.21. The lowest BCUT2D eigenvalue weighted by molar-refractivity contribution is -0.135. The van der Waals surface area contributed by atoms with Gasteiger partial charge in [0.15, 0.2) is 0 Å². The smallest absolute Gasteiger partial charge is 0.317 e. The van der Waals surface area contributed by atoms with Crippen molar-refractivity contribution in [2.45, 2.75) is 83.0 Å². The quantitative estimate of drug-likeness (QED) is 0.173. The van der Waals surface area contributed by atoms with Gasteiger partial charge in [-0.3, -0.25) is 9.59 Å². The number of aromatic amines is 1. The van der Waals surface area contributed by atoms with E-state index in [0.717, 1.165) is 19.3 Å². The summed E-state index contributed by atoms with van der Waals surface area (Å²) in [6.07, 6.45) is 2.78. The molecule has 1 heterocycles. The Kier molecular flexibility index (Phi) is 11.6. The number of amides is 4. The predicted octanol–water partition coefficient (Wildman–Crippen LogP) is 5.78. The molecule has 4 amide bonds. The molecule has 4 unspecified atom stereocenters. The van der Waals surface area contributed by atoms with Gasteiger partial charge in [-0.2, -0.15) is 0 Å². The number of carbonyl (C=O) groups is 3. The van der Waals surface area contributed by atoms with Gasteiger partial charge < -0.3 is 30.6 Å². The molecule has 0 bridgehead atoms. The van der Waals surface area contributed by atoms with Gasteiger partial charge in [0.1, 0.15) is 17.5 Å². The molecule has 10 nitrogen and oxygen atoms in total. The van der Waals surface area contributed by atoms with Gasteiger partial charge >= 0.3 is 6.03 Å². The first-order valence-corrected chi connectivity index (χ1v) is 16.7. The van der Waals surface area contributed by atoms with E-state index in [9.17, 15) is 14.4 Å². The number of carbonyl (C=O) groups excluding carboxylic acids is 3. The fourth-order valence-corrected chi connectivity index (χ4v) is 6.47. The second-order valence-electron chi connectivity index (χ2n) is 13.2. The molecule has 47 heavy (non-hydrogen) atoms. The summed E-state index contributed by atoms with van der Waals surface area (Å²) in [5, 5.41) is 9.25. The van der Waals surface area contributed by atoms with Crippen molar-refractivity contribution in [3.05, 3.63) is 64.4 Å². The van der Waals surface area contributed by atoms with E-state index in [4.69, 9.17) is 21.3 Å². The van der Waals surface area contributed by atoms with Crippen LogP contribution in [-0.4, -0.2) is 78.3 Å². The van der Waals surface area contributed by atoms with Crippen molar-refractivity contribution in [2.75, 3.05) is 33.9 Å². The number of hydrogen-bond donors (Lipinski definition) is 4. The number of H-pyrrole nitrogens is 1. The molecule has 4 N–H and O–H groups in total. The molecular formula is C35H48ClFN6O4. The molecule has 3 aromatic rings. The number of aromatic nitrogens is 2. The van der Waals surface area contributed by atoms with Crippen molar-refractivity contribution in [3.8, 4) is 0 Å². The number of nitrogens with zero attached hydrogens (tertiary/aromatic N) is 2. The van der Waals surface area contributed by atoms with Gasteiger partial charge in [-0.25, -0.2) is 14.2 Å². The van der Waals surface area contributed by atoms with Crippen LogP contribution in [0, 0.1) is 5.92 Å². The van der Waals surface area contributed by atoms with Crippen molar-refractivity contribution in [2.24, 2.45) is 5.92 Å². The van der Waals surface area contributed by atoms with Crippen LogP contribution in [0.25, 0.3) is 11.0 Å². The van der Waals surface area contributed by atoms with Crippen molar-refractivity contribution in [3.63, 3.8) is 0 Å². The van der Waals surface area contributed by atoms with E-state index < -0.39 is 35.1 Å². The van der Waals surface area contributed by atoms with Gasteiger partial charge in [0.2, 0.25) is 11.8 Å². The van der Waals surface area contributed by atoms with Crippen molar-refractivity contribution < 1.29 is 23.5 Å². The predicted molar refractivity (Wildman–Crippen MR) is 182 cm³/mol. The number of likely N-dealkylation sites (N-methyl/N-ethyl adjacent to an activating group) is 1. The Balaban J connectivity index is 1.77. The van der Waals surface area contributed by atoms with Gasteiger partial charge in [0.05, 0.1) is 29.1 Å². The standard InChI is InChI=1S/C35H48ClFN6O4/c1-8-38-31(44)28(21-13-12-14-21)41-32(45)35(5,20-47-7)22-17-18-25-26(19-22)40-30(39-25)29(42-33(46)43(6)9-2)27(34(3,4)37)23-15-10-11-16-24(23)36/h10-11,15-19,21,27-29H,8-9,12-14,20H2,1-7H3,(H,38,44)(H,39,40)(H,41,45)(H,42,46). The molecule has 4 rings (SSSR count). The summed E-state index contributed by atoms with van der Waals surface area (Å²) in [4.78, 5) is 49.7. The van der Waals surface area contributed by atoms with Crippen LogP contribution in [0.1, 0.15) is 82.8 Å². The van der Waals surface area contributed by atoms with Crippen LogP contribution in [0.15, 0.2) is 42.5 Å². The van der Waals surface area contributed by atoms with E-state index in [1.807, 2.05) is 19.9 Å². The minimum Gasteiger partial charge on any atom is -0.383 e. The third-order valence-corrected chi connectivity index (χ3v) is 9.66. The normalized spacial score (nSPS) is 16.8. The van der Waals surface area contributed by atoms with Crippen LogP contribution in [0.4, 0.5) is 9.18 Å². The molecule has 0 saturated heterocycles. The number of fused-ring (bicyclic) bond motifs is 1.